The van der Waals surface area contributed by atoms with Crippen LogP contribution in [0.1, 0.15) is 6.92 Å². The maximum absolute atomic E-state index is 12.7. The number of amides is 2. The van der Waals surface area contributed by atoms with E-state index in [1.54, 1.807) is 31.4 Å². The van der Waals surface area contributed by atoms with Crippen LogP contribution < -0.4 is 19.9 Å². The van der Waals surface area contributed by atoms with Crippen LogP contribution in [0.25, 0.3) is 0 Å². The molecule has 7 nitrogen and oxygen atoms in total. The lowest BCUT2D eigenvalue weighted by Gasteiger charge is -2.30. The molecule has 1 aliphatic heterocycles. The molecular formula is C21H25N3O4. The smallest absolute Gasteiger partial charge is 0.244 e. The van der Waals surface area contributed by atoms with Crippen molar-refractivity contribution in [2.75, 3.05) is 55.1 Å². The van der Waals surface area contributed by atoms with Gasteiger partial charge in [0.15, 0.2) is 0 Å². The number of rotatable bonds is 6. The normalized spacial score (nSPS) is 13.7. The Morgan fingerprint density at radius 1 is 1.14 bits per heavy atom. The molecule has 3 rings (SSSR count). The summed E-state index contributed by atoms with van der Waals surface area (Å²) in [5.41, 5.74) is 2.29. The number of hydrogen-bond acceptors (Lipinski definition) is 5. The second kappa shape index (κ2) is 9.23. The van der Waals surface area contributed by atoms with Gasteiger partial charge in [-0.25, -0.2) is 0 Å². The molecule has 1 aliphatic rings. The molecule has 0 radical (unpaired) electrons. The van der Waals surface area contributed by atoms with Gasteiger partial charge in [-0.05, 0) is 24.3 Å². The van der Waals surface area contributed by atoms with Crippen LogP contribution in [0, 0.1) is 0 Å². The van der Waals surface area contributed by atoms with Gasteiger partial charge in [0.25, 0.3) is 0 Å². The number of nitrogens with one attached hydrogen (secondary N) is 1. The lowest BCUT2D eigenvalue weighted by molar-refractivity contribution is -0.120. The van der Waals surface area contributed by atoms with E-state index < -0.39 is 0 Å². The molecule has 0 aromatic heterocycles. The van der Waals surface area contributed by atoms with E-state index in [4.69, 9.17) is 9.47 Å². The number of hydrogen-bond donors (Lipinski definition) is 1. The van der Waals surface area contributed by atoms with Gasteiger partial charge in [0, 0.05) is 31.8 Å². The van der Waals surface area contributed by atoms with Crippen molar-refractivity contribution in [2.24, 2.45) is 0 Å². The Morgan fingerprint density at radius 2 is 1.89 bits per heavy atom. The second-order valence-corrected chi connectivity index (χ2v) is 6.47. The van der Waals surface area contributed by atoms with Crippen LogP contribution in [0.5, 0.6) is 5.75 Å². The molecule has 148 valence electrons. The molecule has 28 heavy (non-hydrogen) atoms. The summed E-state index contributed by atoms with van der Waals surface area (Å²) in [6, 6.07) is 14.8. The Morgan fingerprint density at radius 3 is 2.61 bits per heavy atom. The number of ether oxygens (including phenoxy) is 2. The first-order chi connectivity index (χ1) is 13.6. The molecule has 1 N–H and O–H groups in total. The summed E-state index contributed by atoms with van der Waals surface area (Å²) in [6.07, 6.45) is 0. The van der Waals surface area contributed by atoms with Gasteiger partial charge in [-0.3, -0.25) is 9.59 Å². The average molecular weight is 383 g/mol. The topological polar surface area (TPSA) is 71.1 Å². The van der Waals surface area contributed by atoms with Gasteiger partial charge in [0.2, 0.25) is 11.8 Å². The predicted molar refractivity (Wildman–Crippen MR) is 109 cm³/mol. The third-order valence-electron chi connectivity index (χ3n) is 4.58. The third kappa shape index (κ3) is 4.80. The quantitative estimate of drug-likeness (QED) is 0.830. The van der Waals surface area contributed by atoms with Crippen molar-refractivity contribution in [1.29, 1.82) is 0 Å². The Hall–Kier alpha value is -3.06. The fourth-order valence-electron chi connectivity index (χ4n) is 3.16. The van der Waals surface area contributed by atoms with Crippen LogP contribution >= 0.6 is 0 Å². The molecule has 2 aromatic carbocycles. The van der Waals surface area contributed by atoms with E-state index in [2.05, 4.69) is 10.2 Å². The van der Waals surface area contributed by atoms with Crippen LogP contribution in [-0.2, 0) is 14.3 Å². The van der Waals surface area contributed by atoms with Crippen molar-refractivity contribution in [2.45, 2.75) is 6.92 Å². The molecule has 0 bridgehead atoms. The first-order valence-electron chi connectivity index (χ1n) is 9.22. The first-order valence-corrected chi connectivity index (χ1v) is 9.22. The molecule has 2 amide bonds. The fourth-order valence-corrected chi connectivity index (χ4v) is 3.16. The van der Waals surface area contributed by atoms with Crippen LogP contribution in [-0.4, -0.2) is 51.8 Å². The van der Waals surface area contributed by atoms with Gasteiger partial charge in [-0.1, -0.05) is 18.2 Å². The summed E-state index contributed by atoms with van der Waals surface area (Å²) in [6.45, 7) is 4.23. The molecule has 1 heterocycles. The molecule has 1 saturated heterocycles. The molecule has 0 aliphatic carbocycles. The lowest BCUT2D eigenvalue weighted by Crippen LogP contribution is -2.38. The van der Waals surface area contributed by atoms with Crippen LogP contribution in [0.3, 0.4) is 0 Å². The van der Waals surface area contributed by atoms with E-state index >= 15 is 0 Å². The van der Waals surface area contributed by atoms with Crippen LogP contribution in [0.15, 0.2) is 48.5 Å². The molecule has 0 saturated carbocycles. The van der Waals surface area contributed by atoms with Gasteiger partial charge in [0.1, 0.15) is 12.3 Å². The van der Waals surface area contributed by atoms with Gasteiger partial charge in [-0.15, -0.1) is 0 Å². The standard InChI is InChI=1S/C21H25N3O4/c1-16(25)24(17-6-5-7-18(14-17)27-2)15-21(26)22-19-8-3-4-9-20(19)23-10-12-28-13-11-23/h3-9,14H,10-13,15H2,1-2H3,(H,22,26). The van der Waals surface area contributed by atoms with Crippen molar-refractivity contribution in [3.63, 3.8) is 0 Å². The zero-order valence-corrected chi connectivity index (χ0v) is 16.2. The Balaban J connectivity index is 1.74. The largest absolute Gasteiger partial charge is 0.497 e. The summed E-state index contributed by atoms with van der Waals surface area (Å²) in [5, 5.41) is 2.94. The summed E-state index contributed by atoms with van der Waals surface area (Å²) < 4.78 is 10.6. The number of para-hydroxylation sites is 2. The molecular weight excluding hydrogens is 358 g/mol. The number of benzene rings is 2. The maximum Gasteiger partial charge on any atom is 0.244 e. The minimum atomic E-state index is -0.265. The predicted octanol–water partition coefficient (Wildman–Crippen LogP) is 2.52. The lowest BCUT2D eigenvalue weighted by atomic mass is 10.2. The summed E-state index contributed by atoms with van der Waals surface area (Å²) in [4.78, 5) is 28.5. The van der Waals surface area contributed by atoms with Gasteiger partial charge >= 0.3 is 0 Å². The molecule has 0 unspecified atom stereocenters. The minimum absolute atomic E-state index is 0.0834. The monoisotopic (exact) mass is 383 g/mol. The van der Waals surface area contributed by atoms with Gasteiger partial charge in [0.05, 0.1) is 31.7 Å². The molecule has 0 atom stereocenters. The number of anilines is 3. The summed E-state index contributed by atoms with van der Waals surface area (Å²) in [7, 11) is 1.56. The highest BCUT2D eigenvalue weighted by molar-refractivity contribution is 6.03. The molecule has 1 fully saturated rings. The Labute approximate surface area is 164 Å². The summed E-state index contributed by atoms with van der Waals surface area (Å²) >= 11 is 0. The zero-order chi connectivity index (χ0) is 19.9. The van der Waals surface area contributed by atoms with Crippen LogP contribution in [0.2, 0.25) is 0 Å². The van der Waals surface area contributed by atoms with Crippen LogP contribution in [0.4, 0.5) is 17.1 Å². The molecule has 0 spiro atoms. The van der Waals surface area contributed by atoms with Crippen molar-refractivity contribution >= 4 is 28.9 Å². The zero-order valence-electron chi connectivity index (χ0n) is 16.2. The molecule has 7 heteroatoms. The number of morpholine rings is 1. The average Bonchev–Trinajstić information content (AvgIpc) is 2.73. The maximum atomic E-state index is 12.7. The molecule has 2 aromatic rings. The minimum Gasteiger partial charge on any atom is -0.497 e. The highest BCUT2D eigenvalue weighted by atomic mass is 16.5. The van der Waals surface area contributed by atoms with E-state index in [-0.39, 0.29) is 18.4 Å². The fraction of sp³-hybridized carbons (Fsp3) is 0.333. The first kappa shape index (κ1) is 19.7. The van der Waals surface area contributed by atoms with Gasteiger partial charge in [-0.2, -0.15) is 0 Å². The second-order valence-electron chi connectivity index (χ2n) is 6.47. The highest BCUT2D eigenvalue weighted by Crippen LogP contribution is 2.27. The van der Waals surface area contributed by atoms with Crippen molar-refractivity contribution < 1.29 is 19.1 Å². The van der Waals surface area contributed by atoms with Crippen molar-refractivity contribution in [1.82, 2.24) is 0 Å². The number of methoxy groups -OCH3 is 1. The van der Waals surface area contributed by atoms with Crippen molar-refractivity contribution in [3.8, 4) is 5.75 Å². The highest BCUT2D eigenvalue weighted by Gasteiger charge is 2.19. The Kier molecular flexibility index (Phi) is 6.49. The Bertz CT molecular complexity index is 834. The van der Waals surface area contributed by atoms with Gasteiger partial charge < -0.3 is 24.6 Å². The van der Waals surface area contributed by atoms with Crippen molar-refractivity contribution in [3.05, 3.63) is 48.5 Å². The van der Waals surface area contributed by atoms with E-state index in [0.717, 1.165) is 24.5 Å². The number of carbonyl (C=O) groups excluding carboxylic acids is 2. The number of carbonyl (C=O) groups is 2. The van der Waals surface area contributed by atoms with E-state index in [0.29, 0.717) is 24.7 Å². The summed E-state index contributed by atoms with van der Waals surface area (Å²) in [5.74, 6) is 0.144. The van der Waals surface area contributed by atoms with E-state index in [1.807, 2.05) is 24.3 Å². The number of nitrogens with zero attached hydrogens (tertiary/aromatic N) is 2. The van der Waals surface area contributed by atoms with E-state index in [9.17, 15) is 9.59 Å². The SMILES string of the molecule is COc1cccc(N(CC(=O)Nc2ccccc2N2CCOCC2)C(C)=O)c1. The third-order valence-corrected chi connectivity index (χ3v) is 4.58. The van der Waals surface area contributed by atoms with E-state index in [1.165, 1.54) is 11.8 Å².